The first-order chi connectivity index (χ1) is 9.94. The van der Waals surface area contributed by atoms with Crippen LogP contribution in [0.2, 0.25) is 0 Å². The number of hydrogen-bond acceptors (Lipinski definition) is 4. The lowest BCUT2D eigenvalue weighted by Gasteiger charge is -2.37. The summed E-state index contributed by atoms with van der Waals surface area (Å²) in [5, 5.41) is 13.5. The number of para-hydroxylation sites is 1. The maximum absolute atomic E-state index is 10.1. The molecule has 1 saturated heterocycles. The highest BCUT2D eigenvalue weighted by atomic mass is 16.3. The van der Waals surface area contributed by atoms with Gasteiger partial charge in [-0.05, 0) is 32.9 Å². The van der Waals surface area contributed by atoms with Crippen molar-refractivity contribution in [2.24, 2.45) is 0 Å². The molecule has 118 valence electrons. The lowest BCUT2D eigenvalue weighted by atomic mass is 10.1. The van der Waals surface area contributed by atoms with Crippen molar-refractivity contribution in [2.45, 2.75) is 32.4 Å². The number of nitrogens with one attached hydrogen (secondary N) is 1. The summed E-state index contributed by atoms with van der Waals surface area (Å²) in [5.41, 5.74) is 1.36. The number of β-amino-alcohol motifs (C(OH)–C–C–N with tert-alkyl or cyclic N) is 1. The molecule has 4 heteroatoms. The third-order valence-electron chi connectivity index (χ3n) is 3.83. The molecule has 0 radical (unpaired) electrons. The van der Waals surface area contributed by atoms with Crippen LogP contribution in [0.4, 0.5) is 5.69 Å². The van der Waals surface area contributed by atoms with Gasteiger partial charge in [-0.3, -0.25) is 4.90 Å². The van der Waals surface area contributed by atoms with Crippen molar-refractivity contribution in [1.29, 1.82) is 0 Å². The summed E-state index contributed by atoms with van der Waals surface area (Å²) in [5.74, 6) is 0. The van der Waals surface area contributed by atoms with Crippen LogP contribution in [0.1, 0.15) is 20.8 Å². The number of nitrogens with zero attached hydrogens (tertiary/aromatic N) is 2. The van der Waals surface area contributed by atoms with E-state index in [1.54, 1.807) is 0 Å². The molecule has 1 atom stereocenters. The van der Waals surface area contributed by atoms with Gasteiger partial charge in [0.15, 0.2) is 0 Å². The van der Waals surface area contributed by atoms with Crippen LogP contribution >= 0.6 is 0 Å². The number of hydrogen-bond donors (Lipinski definition) is 2. The molecule has 0 amide bonds. The van der Waals surface area contributed by atoms with Gasteiger partial charge in [0.25, 0.3) is 0 Å². The SMILES string of the molecule is CC(C)(C)NCC(O)CN1CCN(c2ccccc2)CC1. The predicted octanol–water partition coefficient (Wildman–Crippen LogP) is 1.56. The fraction of sp³-hybridized carbons (Fsp3) is 0.647. The Labute approximate surface area is 128 Å². The second kappa shape index (κ2) is 7.25. The van der Waals surface area contributed by atoms with E-state index < -0.39 is 0 Å². The minimum Gasteiger partial charge on any atom is -0.390 e. The van der Waals surface area contributed by atoms with Crippen molar-refractivity contribution in [2.75, 3.05) is 44.2 Å². The summed E-state index contributed by atoms with van der Waals surface area (Å²) in [6.45, 7) is 11.9. The lowest BCUT2D eigenvalue weighted by molar-refractivity contribution is 0.102. The number of piperazine rings is 1. The molecule has 0 saturated carbocycles. The van der Waals surface area contributed by atoms with Crippen LogP contribution in [-0.4, -0.2) is 60.9 Å². The summed E-state index contributed by atoms with van der Waals surface area (Å²) < 4.78 is 0. The number of benzene rings is 1. The van der Waals surface area contributed by atoms with E-state index >= 15 is 0 Å². The van der Waals surface area contributed by atoms with Gasteiger partial charge in [0, 0.05) is 50.5 Å². The Morgan fingerprint density at radius 2 is 1.71 bits per heavy atom. The lowest BCUT2D eigenvalue weighted by Crippen LogP contribution is -2.51. The van der Waals surface area contributed by atoms with Gasteiger partial charge in [0.1, 0.15) is 0 Å². The average Bonchev–Trinajstić information content (AvgIpc) is 2.46. The quantitative estimate of drug-likeness (QED) is 0.863. The molecular weight excluding hydrogens is 262 g/mol. The predicted molar refractivity (Wildman–Crippen MR) is 88.9 cm³/mol. The summed E-state index contributed by atoms with van der Waals surface area (Å²) in [7, 11) is 0. The monoisotopic (exact) mass is 291 g/mol. The van der Waals surface area contributed by atoms with Gasteiger partial charge in [-0.1, -0.05) is 18.2 Å². The summed E-state index contributed by atoms with van der Waals surface area (Å²) in [4.78, 5) is 4.77. The van der Waals surface area contributed by atoms with Crippen LogP contribution in [0, 0.1) is 0 Å². The third kappa shape index (κ3) is 5.65. The minimum absolute atomic E-state index is 0.0625. The maximum Gasteiger partial charge on any atom is 0.0791 e. The Hall–Kier alpha value is -1.10. The molecule has 21 heavy (non-hydrogen) atoms. The molecule has 2 rings (SSSR count). The number of rotatable bonds is 5. The number of anilines is 1. The van der Waals surface area contributed by atoms with E-state index in [1.807, 2.05) is 0 Å². The van der Waals surface area contributed by atoms with Crippen LogP contribution in [0.3, 0.4) is 0 Å². The van der Waals surface area contributed by atoms with Gasteiger partial charge in [-0.2, -0.15) is 0 Å². The van der Waals surface area contributed by atoms with Gasteiger partial charge in [0.2, 0.25) is 0 Å². The van der Waals surface area contributed by atoms with E-state index in [0.717, 1.165) is 32.7 Å². The van der Waals surface area contributed by atoms with E-state index in [4.69, 9.17) is 0 Å². The average molecular weight is 291 g/mol. The topological polar surface area (TPSA) is 38.7 Å². The van der Waals surface area contributed by atoms with Crippen molar-refractivity contribution >= 4 is 5.69 Å². The fourth-order valence-electron chi connectivity index (χ4n) is 2.61. The second-order valence-corrected chi connectivity index (χ2v) is 6.91. The standard InChI is InChI=1S/C17H29N3O/c1-17(2,3)18-13-16(21)14-19-9-11-20(12-10-19)15-7-5-4-6-8-15/h4-8,16,18,21H,9-14H2,1-3H3. The second-order valence-electron chi connectivity index (χ2n) is 6.91. The number of aliphatic hydroxyl groups is 1. The van der Waals surface area contributed by atoms with Gasteiger partial charge < -0.3 is 15.3 Å². The van der Waals surface area contributed by atoms with E-state index in [1.165, 1.54) is 5.69 Å². The van der Waals surface area contributed by atoms with Crippen molar-refractivity contribution in [3.63, 3.8) is 0 Å². The van der Waals surface area contributed by atoms with Crippen LogP contribution in [0.25, 0.3) is 0 Å². The Bertz CT molecular complexity index is 408. The molecule has 1 aliphatic heterocycles. The molecule has 1 aromatic rings. The molecular formula is C17H29N3O. The van der Waals surface area contributed by atoms with E-state index in [-0.39, 0.29) is 11.6 Å². The molecule has 1 aliphatic rings. The van der Waals surface area contributed by atoms with Crippen LogP contribution in [0.15, 0.2) is 30.3 Å². The van der Waals surface area contributed by atoms with E-state index in [2.05, 4.69) is 66.2 Å². The van der Waals surface area contributed by atoms with E-state index in [0.29, 0.717) is 6.54 Å². The first kappa shape index (κ1) is 16.3. The summed E-state index contributed by atoms with van der Waals surface area (Å²) >= 11 is 0. The van der Waals surface area contributed by atoms with E-state index in [9.17, 15) is 5.11 Å². The molecule has 1 fully saturated rings. The normalized spacial score (nSPS) is 18.8. The Balaban J connectivity index is 1.72. The molecule has 1 heterocycles. The Morgan fingerprint density at radius 3 is 2.29 bits per heavy atom. The van der Waals surface area contributed by atoms with Crippen molar-refractivity contribution in [1.82, 2.24) is 10.2 Å². The van der Waals surface area contributed by atoms with Gasteiger partial charge >= 0.3 is 0 Å². The number of aliphatic hydroxyl groups excluding tert-OH is 1. The Kier molecular flexibility index (Phi) is 5.62. The van der Waals surface area contributed by atoms with Gasteiger partial charge in [-0.15, -0.1) is 0 Å². The molecule has 1 aromatic carbocycles. The first-order valence-electron chi connectivity index (χ1n) is 7.89. The molecule has 2 N–H and O–H groups in total. The zero-order valence-corrected chi connectivity index (χ0v) is 13.5. The van der Waals surface area contributed by atoms with Crippen molar-refractivity contribution < 1.29 is 5.11 Å². The van der Waals surface area contributed by atoms with Crippen molar-refractivity contribution in [3.05, 3.63) is 30.3 Å². The maximum atomic E-state index is 10.1. The van der Waals surface area contributed by atoms with Crippen LogP contribution < -0.4 is 10.2 Å². The smallest absolute Gasteiger partial charge is 0.0791 e. The summed E-state index contributed by atoms with van der Waals surface area (Å²) in [6.07, 6.45) is -0.299. The van der Waals surface area contributed by atoms with Gasteiger partial charge in [-0.25, -0.2) is 0 Å². The van der Waals surface area contributed by atoms with Crippen LogP contribution in [0.5, 0.6) is 0 Å². The summed E-state index contributed by atoms with van der Waals surface area (Å²) in [6, 6.07) is 10.6. The molecule has 0 aliphatic carbocycles. The zero-order chi connectivity index (χ0) is 15.3. The Morgan fingerprint density at radius 1 is 1.10 bits per heavy atom. The zero-order valence-electron chi connectivity index (χ0n) is 13.5. The molecule has 0 bridgehead atoms. The molecule has 0 aromatic heterocycles. The molecule has 1 unspecified atom stereocenters. The highest BCUT2D eigenvalue weighted by Crippen LogP contribution is 2.15. The molecule has 4 nitrogen and oxygen atoms in total. The molecule has 0 spiro atoms. The fourth-order valence-corrected chi connectivity index (χ4v) is 2.61. The van der Waals surface area contributed by atoms with Crippen LogP contribution in [-0.2, 0) is 0 Å². The van der Waals surface area contributed by atoms with Gasteiger partial charge in [0.05, 0.1) is 6.10 Å². The first-order valence-corrected chi connectivity index (χ1v) is 7.89. The van der Waals surface area contributed by atoms with Crippen molar-refractivity contribution in [3.8, 4) is 0 Å². The highest BCUT2D eigenvalue weighted by Gasteiger charge is 2.20. The largest absolute Gasteiger partial charge is 0.390 e. The highest BCUT2D eigenvalue weighted by molar-refractivity contribution is 5.46. The minimum atomic E-state index is -0.299. The third-order valence-corrected chi connectivity index (χ3v) is 3.83.